The third-order valence-corrected chi connectivity index (χ3v) is 2.47. The molecule has 0 aliphatic heterocycles. The second-order valence-electron chi connectivity index (χ2n) is 4.04. The van der Waals surface area contributed by atoms with Crippen molar-refractivity contribution < 1.29 is 14.5 Å². The van der Waals surface area contributed by atoms with Crippen LogP contribution in [0.3, 0.4) is 0 Å². The van der Waals surface area contributed by atoms with E-state index in [-0.39, 0.29) is 23.0 Å². The van der Waals surface area contributed by atoms with Gasteiger partial charge in [-0.3, -0.25) is 10.1 Å². The monoisotopic (exact) mass is 252 g/mol. The molecular weight excluding hydrogens is 236 g/mol. The maximum atomic E-state index is 11.7. The van der Waals surface area contributed by atoms with E-state index in [4.69, 9.17) is 10.5 Å². The van der Waals surface area contributed by atoms with Crippen LogP contribution in [-0.2, 0) is 4.74 Å². The van der Waals surface area contributed by atoms with Gasteiger partial charge in [0, 0.05) is 6.07 Å². The summed E-state index contributed by atoms with van der Waals surface area (Å²) in [5.41, 5.74) is 5.32. The molecule has 0 saturated heterocycles. The Hall–Kier alpha value is -2.11. The van der Waals surface area contributed by atoms with Crippen molar-refractivity contribution in [3.8, 4) is 0 Å². The van der Waals surface area contributed by atoms with E-state index in [2.05, 4.69) is 0 Å². The molecule has 0 spiro atoms. The number of carbonyl (C=O) groups excluding carboxylic acids is 1. The number of nitro groups is 1. The molecule has 0 aliphatic carbocycles. The van der Waals surface area contributed by atoms with Gasteiger partial charge in [0.1, 0.15) is 5.69 Å². The number of nitrogens with zero attached hydrogens (tertiary/aromatic N) is 1. The molecule has 1 unspecified atom stereocenters. The Balaban J connectivity index is 2.87. The van der Waals surface area contributed by atoms with Crippen LogP contribution in [0.2, 0.25) is 0 Å². The molecule has 0 aromatic heterocycles. The summed E-state index contributed by atoms with van der Waals surface area (Å²) in [4.78, 5) is 21.8. The van der Waals surface area contributed by atoms with Gasteiger partial charge >= 0.3 is 5.97 Å². The average Bonchev–Trinajstić information content (AvgIpc) is 2.29. The first-order valence-corrected chi connectivity index (χ1v) is 5.70. The first kappa shape index (κ1) is 14.0. The van der Waals surface area contributed by atoms with Crippen LogP contribution < -0.4 is 5.73 Å². The standard InChI is InChI=1S/C12H16N2O4/c1-3-4-8(2)18-12(15)9-5-6-10(13)11(7-9)14(16)17/h5-8H,3-4,13H2,1-2H3. The van der Waals surface area contributed by atoms with Crippen LogP contribution >= 0.6 is 0 Å². The minimum absolute atomic E-state index is 0.0261. The van der Waals surface area contributed by atoms with Gasteiger partial charge in [-0.2, -0.15) is 0 Å². The fourth-order valence-electron chi connectivity index (χ4n) is 1.54. The molecule has 2 N–H and O–H groups in total. The molecule has 6 nitrogen and oxygen atoms in total. The lowest BCUT2D eigenvalue weighted by atomic mass is 10.1. The molecule has 1 aromatic rings. The number of hydrogen-bond donors (Lipinski definition) is 1. The third kappa shape index (κ3) is 3.44. The Morgan fingerprint density at radius 2 is 2.22 bits per heavy atom. The van der Waals surface area contributed by atoms with Crippen molar-refractivity contribution in [1.29, 1.82) is 0 Å². The number of ether oxygens (including phenoxy) is 1. The zero-order valence-corrected chi connectivity index (χ0v) is 10.4. The SMILES string of the molecule is CCCC(C)OC(=O)c1ccc(N)c([N+](=O)[O-])c1. The van der Waals surface area contributed by atoms with Crippen LogP contribution in [0.25, 0.3) is 0 Å². The number of esters is 1. The van der Waals surface area contributed by atoms with Gasteiger partial charge in [-0.25, -0.2) is 4.79 Å². The fraction of sp³-hybridized carbons (Fsp3) is 0.417. The summed E-state index contributed by atoms with van der Waals surface area (Å²) in [6, 6.07) is 3.89. The highest BCUT2D eigenvalue weighted by atomic mass is 16.6. The molecule has 1 aromatic carbocycles. The molecule has 1 rings (SSSR count). The van der Waals surface area contributed by atoms with Crippen molar-refractivity contribution in [1.82, 2.24) is 0 Å². The number of rotatable bonds is 5. The second-order valence-corrected chi connectivity index (χ2v) is 4.04. The number of nitrogen functional groups attached to an aromatic ring is 1. The first-order chi connectivity index (χ1) is 8.45. The van der Waals surface area contributed by atoms with Crippen LogP contribution in [0, 0.1) is 10.1 Å². The van der Waals surface area contributed by atoms with E-state index in [0.717, 1.165) is 18.9 Å². The van der Waals surface area contributed by atoms with Crippen molar-refractivity contribution >= 4 is 17.3 Å². The van der Waals surface area contributed by atoms with E-state index in [0.29, 0.717) is 0 Å². The predicted molar refractivity (Wildman–Crippen MR) is 67.3 cm³/mol. The molecule has 0 fully saturated rings. The van der Waals surface area contributed by atoms with Gasteiger partial charge in [0.2, 0.25) is 0 Å². The van der Waals surface area contributed by atoms with Crippen LogP contribution in [0.15, 0.2) is 18.2 Å². The second kappa shape index (κ2) is 6.00. The topological polar surface area (TPSA) is 95.5 Å². The highest BCUT2D eigenvalue weighted by Gasteiger charge is 2.17. The highest BCUT2D eigenvalue weighted by molar-refractivity contribution is 5.91. The average molecular weight is 252 g/mol. The van der Waals surface area contributed by atoms with Crippen molar-refractivity contribution in [3.63, 3.8) is 0 Å². The van der Waals surface area contributed by atoms with Gasteiger partial charge < -0.3 is 10.5 Å². The van der Waals surface area contributed by atoms with Crippen LogP contribution in [0.1, 0.15) is 37.0 Å². The number of anilines is 1. The maximum Gasteiger partial charge on any atom is 0.338 e. The highest BCUT2D eigenvalue weighted by Crippen LogP contribution is 2.23. The van der Waals surface area contributed by atoms with Crippen LogP contribution in [-0.4, -0.2) is 17.0 Å². The largest absolute Gasteiger partial charge is 0.459 e. The summed E-state index contributed by atoms with van der Waals surface area (Å²) < 4.78 is 5.15. The summed E-state index contributed by atoms with van der Waals surface area (Å²) in [5, 5.41) is 10.7. The predicted octanol–water partition coefficient (Wildman–Crippen LogP) is 2.52. The number of nitro benzene ring substituents is 1. The molecule has 98 valence electrons. The molecule has 0 bridgehead atoms. The molecule has 0 aliphatic rings. The fourth-order valence-corrected chi connectivity index (χ4v) is 1.54. The molecule has 0 amide bonds. The summed E-state index contributed by atoms with van der Waals surface area (Å²) in [6.45, 7) is 3.77. The Morgan fingerprint density at radius 1 is 1.56 bits per heavy atom. The van der Waals surface area contributed by atoms with Crippen molar-refractivity contribution in [3.05, 3.63) is 33.9 Å². The van der Waals surface area contributed by atoms with E-state index >= 15 is 0 Å². The zero-order chi connectivity index (χ0) is 13.7. The minimum Gasteiger partial charge on any atom is -0.459 e. The zero-order valence-electron chi connectivity index (χ0n) is 10.4. The smallest absolute Gasteiger partial charge is 0.338 e. The quantitative estimate of drug-likeness (QED) is 0.376. The Kier molecular flexibility index (Phi) is 4.65. The minimum atomic E-state index is -0.623. The lowest BCUT2D eigenvalue weighted by molar-refractivity contribution is -0.383. The van der Waals surface area contributed by atoms with Gasteiger partial charge in [-0.1, -0.05) is 13.3 Å². The van der Waals surface area contributed by atoms with Crippen molar-refractivity contribution in [2.75, 3.05) is 5.73 Å². The molecule has 0 saturated carbocycles. The number of benzene rings is 1. The molecule has 18 heavy (non-hydrogen) atoms. The summed E-state index contributed by atoms with van der Waals surface area (Å²) in [6.07, 6.45) is 1.44. The number of hydrogen-bond acceptors (Lipinski definition) is 5. The lowest BCUT2D eigenvalue weighted by Gasteiger charge is -2.12. The van der Waals surface area contributed by atoms with Crippen molar-refractivity contribution in [2.45, 2.75) is 32.8 Å². The van der Waals surface area contributed by atoms with Gasteiger partial charge in [-0.05, 0) is 25.5 Å². The molecular formula is C12H16N2O4. The van der Waals surface area contributed by atoms with Gasteiger partial charge in [0.15, 0.2) is 0 Å². The first-order valence-electron chi connectivity index (χ1n) is 5.70. The van der Waals surface area contributed by atoms with Crippen molar-refractivity contribution in [2.24, 2.45) is 0 Å². The van der Waals surface area contributed by atoms with Crippen LogP contribution in [0.4, 0.5) is 11.4 Å². The van der Waals surface area contributed by atoms with Gasteiger partial charge in [0.05, 0.1) is 16.6 Å². The molecule has 1 atom stereocenters. The summed E-state index contributed by atoms with van der Waals surface area (Å²) in [7, 11) is 0. The summed E-state index contributed by atoms with van der Waals surface area (Å²) >= 11 is 0. The molecule has 0 radical (unpaired) electrons. The Labute approximate surface area is 105 Å². The van der Waals surface area contributed by atoms with E-state index in [1.54, 1.807) is 6.92 Å². The van der Waals surface area contributed by atoms with E-state index in [1.165, 1.54) is 12.1 Å². The lowest BCUT2D eigenvalue weighted by Crippen LogP contribution is -2.15. The van der Waals surface area contributed by atoms with E-state index < -0.39 is 10.9 Å². The Morgan fingerprint density at radius 3 is 2.78 bits per heavy atom. The van der Waals surface area contributed by atoms with Crippen LogP contribution in [0.5, 0.6) is 0 Å². The number of nitrogens with two attached hydrogens (primary N) is 1. The maximum absolute atomic E-state index is 11.7. The third-order valence-electron chi connectivity index (χ3n) is 2.47. The molecule has 0 heterocycles. The molecule has 6 heteroatoms. The normalized spacial score (nSPS) is 11.9. The van der Waals surface area contributed by atoms with E-state index in [1.807, 2.05) is 6.92 Å². The van der Waals surface area contributed by atoms with Gasteiger partial charge in [0.25, 0.3) is 5.69 Å². The summed E-state index contributed by atoms with van der Waals surface area (Å²) in [5.74, 6) is -0.570. The van der Waals surface area contributed by atoms with Gasteiger partial charge in [-0.15, -0.1) is 0 Å². The van der Waals surface area contributed by atoms with E-state index in [9.17, 15) is 14.9 Å². The number of carbonyl (C=O) groups is 1. The Bertz CT molecular complexity index is 459.